The summed E-state index contributed by atoms with van der Waals surface area (Å²) in [5, 5.41) is 17.5. The van der Waals surface area contributed by atoms with E-state index in [1.165, 1.54) is 0 Å². The number of ether oxygens (including phenoxy) is 2. The van der Waals surface area contributed by atoms with E-state index in [9.17, 15) is 5.26 Å². The molecule has 0 spiro atoms. The van der Waals surface area contributed by atoms with E-state index >= 15 is 0 Å². The maximum atomic E-state index is 9.41. The highest BCUT2D eigenvalue weighted by atomic mass is 16.5. The second-order valence-electron chi connectivity index (χ2n) is 6.84. The highest BCUT2D eigenvalue weighted by Gasteiger charge is 2.46. The largest absolute Gasteiger partial charge is 0.481 e. The monoisotopic (exact) mass is 337 g/mol. The lowest BCUT2D eigenvalue weighted by Gasteiger charge is -2.50. The Morgan fingerprint density at radius 1 is 1.28 bits per heavy atom. The summed E-state index contributed by atoms with van der Waals surface area (Å²) in [7, 11) is 1.55. The van der Waals surface area contributed by atoms with Crippen LogP contribution in [0.15, 0.2) is 18.2 Å². The molecule has 2 saturated heterocycles. The Morgan fingerprint density at radius 3 is 2.72 bits per heavy atom. The number of hydrogen-bond donors (Lipinski definition) is 1. The molecule has 3 fully saturated rings. The van der Waals surface area contributed by atoms with E-state index in [1.807, 2.05) is 12.2 Å². The van der Waals surface area contributed by atoms with E-state index in [2.05, 4.69) is 21.3 Å². The van der Waals surface area contributed by atoms with Crippen molar-refractivity contribution in [1.82, 2.24) is 15.2 Å². The summed E-state index contributed by atoms with van der Waals surface area (Å²) in [5.74, 6) is 0.469. The van der Waals surface area contributed by atoms with Gasteiger partial charge in [-0.15, -0.1) is 10.2 Å². The highest BCUT2D eigenvalue weighted by Crippen LogP contribution is 2.43. The van der Waals surface area contributed by atoms with Crippen LogP contribution in [-0.4, -0.2) is 40.0 Å². The van der Waals surface area contributed by atoms with Crippen LogP contribution in [-0.2, 0) is 4.74 Å². The molecule has 2 N–H and O–H groups in total. The number of nitrogens with zero attached hydrogens (tertiary/aromatic N) is 4. The van der Waals surface area contributed by atoms with Crippen LogP contribution in [0.4, 0.5) is 0 Å². The Hall–Kier alpha value is -2.56. The number of rotatable bonds is 3. The van der Waals surface area contributed by atoms with Gasteiger partial charge in [0.1, 0.15) is 17.1 Å². The van der Waals surface area contributed by atoms with Crippen molar-refractivity contribution >= 4 is 17.1 Å². The summed E-state index contributed by atoms with van der Waals surface area (Å²) in [6.07, 6.45) is 7.58. The highest BCUT2D eigenvalue weighted by molar-refractivity contribution is 5.86. The number of aromatic nitrogens is 3. The zero-order valence-corrected chi connectivity index (χ0v) is 14.0. The molecule has 0 amide bonds. The van der Waals surface area contributed by atoms with E-state index in [0.29, 0.717) is 29.1 Å². The van der Waals surface area contributed by atoms with Crippen LogP contribution in [0.1, 0.15) is 36.9 Å². The average Bonchev–Trinajstić information content (AvgIpc) is 2.66. The molecule has 2 aromatic rings. The van der Waals surface area contributed by atoms with Crippen molar-refractivity contribution in [2.24, 2.45) is 5.73 Å². The van der Waals surface area contributed by atoms with E-state index < -0.39 is 0 Å². The summed E-state index contributed by atoms with van der Waals surface area (Å²) in [6, 6.07) is 5.60. The third-order valence-electron chi connectivity index (χ3n) is 5.22. The maximum absolute atomic E-state index is 9.41. The molecule has 5 rings (SSSR count). The third kappa shape index (κ3) is 2.73. The fourth-order valence-electron chi connectivity index (χ4n) is 3.53. The molecule has 2 aliphatic heterocycles. The molecule has 0 radical (unpaired) electrons. The van der Waals surface area contributed by atoms with Gasteiger partial charge in [0.25, 0.3) is 0 Å². The number of pyridine rings is 1. The van der Waals surface area contributed by atoms with Gasteiger partial charge in [0.15, 0.2) is 5.69 Å². The molecule has 2 aromatic heterocycles. The number of fused-ring (bicyclic) bond motifs is 4. The minimum absolute atomic E-state index is 0.173. The van der Waals surface area contributed by atoms with Crippen LogP contribution in [0.25, 0.3) is 17.1 Å². The fourth-order valence-corrected chi connectivity index (χ4v) is 3.53. The van der Waals surface area contributed by atoms with Crippen LogP contribution in [0, 0.1) is 11.3 Å². The first-order chi connectivity index (χ1) is 12.1. The number of nitrogens with two attached hydrogens (primary N) is 1. The van der Waals surface area contributed by atoms with Crippen molar-refractivity contribution in [2.75, 3.05) is 13.7 Å². The van der Waals surface area contributed by atoms with Gasteiger partial charge in [-0.3, -0.25) is 0 Å². The summed E-state index contributed by atoms with van der Waals surface area (Å²) in [4.78, 5) is 4.45. The van der Waals surface area contributed by atoms with E-state index in [0.717, 1.165) is 25.7 Å². The molecule has 2 bridgehead atoms. The lowest BCUT2D eigenvalue weighted by molar-refractivity contribution is -0.123. The topological polar surface area (TPSA) is 107 Å². The van der Waals surface area contributed by atoms with Crippen LogP contribution >= 0.6 is 0 Å². The first-order valence-corrected chi connectivity index (χ1v) is 8.30. The van der Waals surface area contributed by atoms with Crippen molar-refractivity contribution in [3.05, 3.63) is 29.5 Å². The van der Waals surface area contributed by atoms with Gasteiger partial charge >= 0.3 is 0 Å². The third-order valence-corrected chi connectivity index (χ3v) is 5.22. The molecule has 4 heterocycles. The summed E-state index contributed by atoms with van der Waals surface area (Å²) < 4.78 is 11.2. The molecular weight excluding hydrogens is 318 g/mol. The molecule has 7 heteroatoms. The quantitative estimate of drug-likeness (QED) is 0.912. The zero-order chi connectivity index (χ0) is 17.5. The molecule has 128 valence electrons. The first-order valence-electron chi connectivity index (χ1n) is 8.30. The summed E-state index contributed by atoms with van der Waals surface area (Å²) >= 11 is 0. The smallest absolute Gasteiger partial charge is 0.213 e. The predicted octanol–water partition coefficient (Wildman–Crippen LogP) is 1.96. The van der Waals surface area contributed by atoms with Crippen molar-refractivity contribution in [3.63, 3.8) is 0 Å². The van der Waals surface area contributed by atoms with Gasteiger partial charge < -0.3 is 15.2 Å². The second kappa shape index (κ2) is 5.76. The predicted molar refractivity (Wildman–Crippen MR) is 91.7 cm³/mol. The molecule has 0 atom stereocenters. The van der Waals surface area contributed by atoms with Crippen molar-refractivity contribution < 1.29 is 9.47 Å². The zero-order valence-electron chi connectivity index (χ0n) is 14.0. The van der Waals surface area contributed by atoms with Gasteiger partial charge in [-0.1, -0.05) is 12.2 Å². The van der Waals surface area contributed by atoms with Crippen LogP contribution in [0.3, 0.4) is 0 Å². The molecule has 0 unspecified atom stereocenters. The standard InChI is InChI=1S/C18H19N5O2/c1-24-15-3-2-13-16(21-15)12(14(10-19)23-22-13)4-5-18-8-6-17(20,7-9-18)11-25-18/h2-5H,6-9,11,20H2,1H3/b5-4+. The lowest BCUT2D eigenvalue weighted by atomic mass is 9.71. The molecule has 1 saturated carbocycles. The number of methoxy groups -OCH3 is 1. The second-order valence-corrected chi connectivity index (χ2v) is 6.84. The van der Waals surface area contributed by atoms with Crippen molar-refractivity contribution in [1.29, 1.82) is 5.26 Å². The average molecular weight is 337 g/mol. The van der Waals surface area contributed by atoms with E-state index in [-0.39, 0.29) is 16.8 Å². The molecule has 25 heavy (non-hydrogen) atoms. The van der Waals surface area contributed by atoms with Gasteiger partial charge in [0, 0.05) is 17.2 Å². The Balaban J connectivity index is 1.77. The molecule has 1 aliphatic carbocycles. The Labute approximate surface area is 145 Å². The van der Waals surface area contributed by atoms with Crippen molar-refractivity contribution in [3.8, 4) is 11.9 Å². The SMILES string of the molecule is COc1ccc2nnc(C#N)c(/C=C/C34CCC(N)(CC3)CO4)c2n1. The summed E-state index contributed by atoms with van der Waals surface area (Å²) in [6.45, 7) is 0.573. The minimum Gasteiger partial charge on any atom is -0.481 e. The van der Waals surface area contributed by atoms with Gasteiger partial charge in [0.2, 0.25) is 5.88 Å². The summed E-state index contributed by atoms with van der Waals surface area (Å²) in [5.41, 5.74) is 7.88. The van der Waals surface area contributed by atoms with Gasteiger partial charge in [-0.2, -0.15) is 5.26 Å². The first kappa shape index (κ1) is 15.9. The Bertz CT molecular complexity index is 878. The fraction of sp³-hybridized carbons (Fsp3) is 0.444. The van der Waals surface area contributed by atoms with Crippen LogP contribution in [0.2, 0.25) is 0 Å². The number of hydrogen-bond acceptors (Lipinski definition) is 7. The lowest BCUT2D eigenvalue weighted by Crippen LogP contribution is -2.58. The Morgan fingerprint density at radius 2 is 2.08 bits per heavy atom. The van der Waals surface area contributed by atoms with Crippen LogP contribution in [0.5, 0.6) is 5.88 Å². The molecule has 7 nitrogen and oxygen atoms in total. The number of nitriles is 1. The van der Waals surface area contributed by atoms with Crippen LogP contribution < -0.4 is 10.5 Å². The van der Waals surface area contributed by atoms with Gasteiger partial charge in [-0.05, 0) is 31.7 Å². The molecular formula is C18H19N5O2. The van der Waals surface area contributed by atoms with Gasteiger partial charge in [0.05, 0.1) is 19.3 Å². The molecule has 3 aliphatic rings. The van der Waals surface area contributed by atoms with E-state index in [4.69, 9.17) is 15.2 Å². The Kier molecular flexibility index (Phi) is 3.67. The normalized spacial score (nSPS) is 28.4. The minimum atomic E-state index is -0.317. The molecule has 0 aromatic carbocycles. The van der Waals surface area contributed by atoms with E-state index in [1.54, 1.807) is 19.2 Å². The van der Waals surface area contributed by atoms with Gasteiger partial charge in [-0.25, -0.2) is 4.98 Å². The van der Waals surface area contributed by atoms with Crippen molar-refractivity contribution in [2.45, 2.75) is 36.8 Å². The maximum Gasteiger partial charge on any atom is 0.213 e.